The van der Waals surface area contributed by atoms with Crippen LogP contribution >= 0.6 is 11.3 Å². The maximum absolute atomic E-state index is 12.0. The molecule has 1 aromatic carbocycles. The lowest BCUT2D eigenvalue weighted by Crippen LogP contribution is -2.25. The van der Waals surface area contributed by atoms with Crippen molar-refractivity contribution in [3.63, 3.8) is 0 Å². The summed E-state index contributed by atoms with van der Waals surface area (Å²) in [6, 6.07) is 16.0. The summed E-state index contributed by atoms with van der Waals surface area (Å²) in [7, 11) is 0. The fourth-order valence-corrected chi connectivity index (χ4v) is 2.88. The minimum absolute atomic E-state index is 0.154. The molecule has 0 aliphatic carbocycles. The lowest BCUT2D eigenvalue weighted by Gasteiger charge is -2.04. The van der Waals surface area contributed by atoms with E-state index >= 15 is 0 Å². The highest BCUT2D eigenvalue weighted by atomic mass is 32.1. The molecule has 2 rings (SSSR count). The van der Waals surface area contributed by atoms with Crippen LogP contribution in [0.15, 0.2) is 48.0 Å². The summed E-state index contributed by atoms with van der Waals surface area (Å²) >= 11 is 1.57. The van der Waals surface area contributed by atoms with Crippen LogP contribution in [0.2, 0.25) is 0 Å². The van der Waals surface area contributed by atoms with Crippen LogP contribution in [0.5, 0.6) is 0 Å². The zero-order valence-electron chi connectivity index (χ0n) is 12.5. The summed E-state index contributed by atoms with van der Waals surface area (Å²) in [5.41, 5.74) is 1.41. The molecule has 0 unspecified atom stereocenters. The van der Waals surface area contributed by atoms with Gasteiger partial charge in [-0.25, -0.2) is 0 Å². The van der Waals surface area contributed by atoms with Gasteiger partial charge in [0.2, 0.25) is 0 Å². The molecule has 1 N–H and O–H groups in total. The summed E-state index contributed by atoms with van der Waals surface area (Å²) in [5.74, 6) is -0.304. The molecule has 0 spiro atoms. The van der Waals surface area contributed by atoms with Crippen molar-refractivity contribution < 1.29 is 4.79 Å². The van der Waals surface area contributed by atoms with Gasteiger partial charge in [-0.15, -0.1) is 11.3 Å². The van der Waals surface area contributed by atoms with Crippen LogP contribution in [0.3, 0.4) is 0 Å². The Morgan fingerprint density at radius 2 is 2.05 bits per heavy atom. The Kier molecular flexibility index (Phi) is 5.93. The molecule has 1 aromatic heterocycles. The smallest absolute Gasteiger partial charge is 0.261 e. The van der Waals surface area contributed by atoms with Crippen molar-refractivity contribution in [2.45, 2.75) is 19.8 Å². The van der Waals surface area contributed by atoms with Gasteiger partial charge in [-0.2, -0.15) is 5.26 Å². The molecule has 0 aliphatic heterocycles. The second kappa shape index (κ2) is 8.16. The molecular formula is C18H18N2OS. The number of carbonyl (C=O) groups is 1. The number of rotatable bonds is 6. The minimum Gasteiger partial charge on any atom is -0.351 e. The van der Waals surface area contributed by atoms with Crippen LogP contribution in [0.25, 0.3) is 6.08 Å². The van der Waals surface area contributed by atoms with Crippen molar-refractivity contribution in [1.82, 2.24) is 5.32 Å². The van der Waals surface area contributed by atoms with Gasteiger partial charge in [0.25, 0.3) is 5.91 Å². The molecule has 2 aromatic rings. The van der Waals surface area contributed by atoms with Crippen molar-refractivity contribution in [3.8, 4) is 6.07 Å². The summed E-state index contributed by atoms with van der Waals surface area (Å²) in [6.07, 6.45) is 3.41. The Hall–Kier alpha value is -2.38. The van der Waals surface area contributed by atoms with E-state index in [2.05, 4.69) is 17.4 Å². The quantitative estimate of drug-likeness (QED) is 0.502. The lowest BCUT2D eigenvalue weighted by molar-refractivity contribution is -0.117. The fourth-order valence-electron chi connectivity index (χ4n) is 2.06. The molecule has 112 valence electrons. The van der Waals surface area contributed by atoms with Gasteiger partial charge in [0.05, 0.1) is 0 Å². The standard InChI is InChI=1S/C18H18N2OS/c1-14-9-10-17(22-14)12-16(13-19)18(21)20-11-5-8-15-6-3-2-4-7-15/h2-4,6-7,9-10,12H,5,8,11H2,1H3,(H,20,21)/b16-12-. The third-order valence-corrected chi connectivity index (χ3v) is 4.13. The predicted octanol–water partition coefficient (Wildman–Crippen LogP) is 3.71. The highest BCUT2D eigenvalue weighted by Gasteiger charge is 2.08. The lowest BCUT2D eigenvalue weighted by atomic mass is 10.1. The van der Waals surface area contributed by atoms with Crippen LogP contribution < -0.4 is 5.32 Å². The van der Waals surface area contributed by atoms with E-state index in [1.54, 1.807) is 17.4 Å². The number of nitrogens with one attached hydrogen (secondary N) is 1. The molecule has 0 atom stereocenters. The summed E-state index contributed by atoms with van der Waals surface area (Å²) in [5, 5.41) is 11.9. The first-order chi connectivity index (χ1) is 10.7. The van der Waals surface area contributed by atoms with Gasteiger partial charge in [-0.3, -0.25) is 4.79 Å². The van der Waals surface area contributed by atoms with Crippen molar-refractivity contribution >= 4 is 23.3 Å². The van der Waals surface area contributed by atoms with Crippen LogP contribution in [0.4, 0.5) is 0 Å². The van der Waals surface area contributed by atoms with Crippen molar-refractivity contribution in [1.29, 1.82) is 5.26 Å². The molecule has 4 heteroatoms. The van der Waals surface area contributed by atoms with Crippen molar-refractivity contribution in [2.75, 3.05) is 6.54 Å². The number of carbonyl (C=O) groups excluding carboxylic acids is 1. The second-order valence-electron chi connectivity index (χ2n) is 4.96. The Morgan fingerprint density at radius 3 is 2.68 bits per heavy atom. The summed E-state index contributed by atoms with van der Waals surface area (Å²) in [4.78, 5) is 14.1. The number of hydrogen-bond acceptors (Lipinski definition) is 3. The van der Waals surface area contributed by atoms with E-state index in [1.807, 2.05) is 43.3 Å². The Morgan fingerprint density at radius 1 is 1.27 bits per heavy atom. The van der Waals surface area contributed by atoms with Gasteiger partial charge in [-0.1, -0.05) is 30.3 Å². The number of benzene rings is 1. The number of aryl methyl sites for hydroxylation is 2. The average molecular weight is 310 g/mol. The van der Waals surface area contributed by atoms with Crippen molar-refractivity contribution in [2.24, 2.45) is 0 Å². The van der Waals surface area contributed by atoms with E-state index in [4.69, 9.17) is 5.26 Å². The van der Waals surface area contributed by atoms with Gasteiger partial charge in [0.1, 0.15) is 11.6 Å². The Labute approximate surface area is 134 Å². The number of nitrogens with zero attached hydrogens (tertiary/aromatic N) is 1. The first-order valence-electron chi connectivity index (χ1n) is 7.19. The fraction of sp³-hybridized carbons (Fsp3) is 0.222. The highest BCUT2D eigenvalue weighted by molar-refractivity contribution is 7.12. The molecule has 0 radical (unpaired) electrons. The van der Waals surface area contributed by atoms with E-state index in [-0.39, 0.29) is 11.5 Å². The monoisotopic (exact) mass is 310 g/mol. The van der Waals surface area contributed by atoms with Gasteiger partial charge in [0, 0.05) is 16.3 Å². The number of hydrogen-bond donors (Lipinski definition) is 1. The SMILES string of the molecule is Cc1ccc(/C=C(/C#N)C(=O)NCCCc2ccccc2)s1. The summed E-state index contributed by atoms with van der Waals surface area (Å²) < 4.78 is 0. The highest BCUT2D eigenvalue weighted by Crippen LogP contribution is 2.18. The van der Waals surface area contributed by atoms with Crippen LogP contribution in [0.1, 0.15) is 21.7 Å². The average Bonchev–Trinajstić information content (AvgIpc) is 2.95. The van der Waals surface area contributed by atoms with E-state index in [1.165, 1.54) is 5.56 Å². The Balaban J connectivity index is 1.83. The zero-order chi connectivity index (χ0) is 15.8. The first-order valence-corrected chi connectivity index (χ1v) is 8.01. The molecule has 22 heavy (non-hydrogen) atoms. The molecule has 0 bridgehead atoms. The molecule has 1 amide bonds. The van der Waals surface area contributed by atoms with E-state index < -0.39 is 0 Å². The second-order valence-corrected chi connectivity index (χ2v) is 6.28. The third-order valence-electron chi connectivity index (χ3n) is 3.18. The van der Waals surface area contributed by atoms with Crippen molar-refractivity contribution in [3.05, 3.63) is 63.4 Å². The van der Waals surface area contributed by atoms with Gasteiger partial charge < -0.3 is 5.32 Å². The topological polar surface area (TPSA) is 52.9 Å². The van der Waals surface area contributed by atoms with Gasteiger partial charge >= 0.3 is 0 Å². The predicted molar refractivity (Wildman–Crippen MR) is 90.4 cm³/mol. The molecule has 0 saturated heterocycles. The van der Waals surface area contributed by atoms with Gasteiger partial charge in [0.15, 0.2) is 0 Å². The molecule has 1 heterocycles. The van der Waals surface area contributed by atoms with Crippen LogP contribution in [-0.4, -0.2) is 12.5 Å². The minimum atomic E-state index is -0.304. The molecule has 0 fully saturated rings. The van der Waals surface area contributed by atoms with Crippen LogP contribution in [-0.2, 0) is 11.2 Å². The molecule has 0 aliphatic rings. The number of thiophene rings is 1. The third kappa shape index (κ3) is 4.87. The van der Waals surface area contributed by atoms with E-state index in [0.717, 1.165) is 22.6 Å². The molecule has 0 saturated carbocycles. The summed E-state index contributed by atoms with van der Waals surface area (Å²) in [6.45, 7) is 2.56. The maximum atomic E-state index is 12.0. The normalized spacial score (nSPS) is 11.0. The molecule has 3 nitrogen and oxygen atoms in total. The largest absolute Gasteiger partial charge is 0.351 e. The number of amides is 1. The van der Waals surface area contributed by atoms with Crippen LogP contribution in [0, 0.1) is 18.3 Å². The zero-order valence-corrected chi connectivity index (χ0v) is 13.3. The van der Waals surface area contributed by atoms with E-state index in [0.29, 0.717) is 6.54 Å². The molecular weight excluding hydrogens is 292 g/mol. The maximum Gasteiger partial charge on any atom is 0.261 e. The first kappa shape index (κ1) is 16.0. The van der Waals surface area contributed by atoms with E-state index in [9.17, 15) is 4.79 Å². The number of nitriles is 1. The van der Waals surface area contributed by atoms with Gasteiger partial charge in [-0.05, 0) is 43.5 Å². The Bertz CT molecular complexity index is 695.